The Morgan fingerprint density at radius 1 is 0.966 bits per heavy atom. The van der Waals surface area contributed by atoms with Crippen LogP contribution in [0.25, 0.3) is 0 Å². The topological polar surface area (TPSA) is 40.5 Å². The molecule has 166 valence electrons. The van der Waals surface area contributed by atoms with Crippen LogP contribution in [0.1, 0.15) is 94.2 Å². The zero-order chi connectivity index (χ0) is 23.2. The maximum Gasteiger partial charge on any atom is 0.310 e. The highest BCUT2D eigenvalue weighted by Gasteiger charge is 2.62. The fraction of sp³-hybridized carbons (Fsp3) is 0.720. The fourth-order valence-corrected chi connectivity index (χ4v) is 4.93. The Kier molecular flexibility index (Phi) is 7.11. The van der Waals surface area contributed by atoms with Crippen molar-refractivity contribution in [2.75, 3.05) is 0 Å². The average Bonchev–Trinajstić information content (AvgIpc) is 2.52. The standard InChI is InChI=1S/C22H35NO2.C3H8S/c1-18(2)15-13-11-12-14-16(15)20(5,6)23(21(18,7)8)22(9,10)19(3,4)17(24)25;1-3(2)4/h11-14H,1-10H3,(H,24,25);3-4H,1-2H3. The molecule has 0 aliphatic carbocycles. The van der Waals surface area contributed by atoms with Gasteiger partial charge in [-0.1, -0.05) is 52.0 Å². The number of benzene rings is 1. The Morgan fingerprint density at radius 3 is 1.72 bits per heavy atom. The fourth-order valence-electron chi connectivity index (χ4n) is 4.93. The summed E-state index contributed by atoms with van der Waals surface area (Å²) in [5, 5.41) is 10.5. The molecule has 0 bridgehead atoms. The Balaban J connectivity index is 0.000000960. The number of hydrogen-bond donors (Lipinski definition) is 2. The molecule has 0 unspecified atom stereocenters. The quantitative estimate of drug-likeness (QED) is 0.547. The Bertz CT molecular complexity index is 742. The first-order chi connectivity index (χ1) is 12.8. The third kappa shape index (κ3) is 4.12. The second kappa shape index (κ2) is 7.92. The molecule has 0 radical (unpaired) electrons. The van der Waals surface area contributed by atoms with Gasteiger partial charge in [-0.2, -0.15) is 12.6 Å². The van der Waals surface area contributed by atoms with Gasteiger partial charge >= 0.3 is 5.97 Å². The summed E-state index contributed by atoms with van der Waals surface area (Å²) >= 11 is 3.97. The van der Waals surface area contributed by atoms with Crippen LogP contribution in [0.4, 0.5) is 0 Å². The highest BCUT2D eigenvalue weighted by atomic mass is 32.1. The molecule has 0 aromatic heterocycles. The van der Waals surface area contributed by atoms with E-state index in [-0.39, 0.29) is 16.5 Å². The Hall–Kier alpha value is -1.00. The first-order valence-corrected chi connectivity index (χ1v) is 11.1. The summed E-state index contributed by atoms with van der Waals surface area (Å²) in [6.45, 7) is 25.4. The number of hydrogen-bond acceptors (Lipinski definition) is 3. The predicted octanol–water partition coefficient (Wildman–Crippen LogP) is 6.51. The lowest BCUT2D eigenvalue weighted by molar-refractivity contribution is -0.178. The van der Waals surface area contributed by atoms with Gasteiger partial charge in [0, 0.05) is 22.0 Å². The number of fused-ring (bicyclic) bond motifs is 1. The van der Waals surface area contributed by atoms with Gasteiger partial charge in [0.15, 0.2) is 0 Å². The molecule has 0 saturated heterocycles. The van der Waals surface area contributed by atoms with Crippen LogP contribution in [0, 0.1) is 5.41 Å². The van der Waals surface area contributed by atoms with E-state index in [1.54, 1.807) is 0 Å². The molecule has 29 heavy (non-hydrogen) atoms. The highest BCUT2D eigenvalue weighted by Crippen LogP contribution is 2.57. The van der Waals surface area contributed by atoms with E-state index in [4.69, 9.17) is 0 Å². The summed E-state index contributed by atoms with van der Waals surface area (Å²) in [4.78, 5) is 14.6. The lowest BCUT2D eigenvalue weighted by atomic mass is 9.57. The van der Waals surface area contributed by atoms with Gasteiger partial charge in [0.1, 0.15) is 0 Å². The van der Waals surface area contributed by atoms with Gasteiger partial charge in [0.05, 0.1) is 5.41 Å². The van der Waals surface area contributed by atoms with Crippen molar-refractivity contribution in [1.82, 2.24) is 4.90 Å². The van der Waals surface area contributed by atoms with E-state index in [1.807, 2.05) is 27.7 Å². The highest BCUT2D eigenvalue weighted by molar-refractivity contribution is 7.80. The van der Waals surface area contributed by atoms with E-state index in [2.05, 4.69) is 97.2 Å². The van der Waals surface area contributed by atoms with Gasteiger partial charge in [0.25, 0.3) is 0 Å². The molecule has 1 aliphatic heterocycles. The summed E-state index contributed by atoms with van der Waals surface area (Å²) in [5.41, 5.74) is 0.539. The molecule has 4 heteroatoms. The van der Waals surface area contributed by atoms with Crippen LogP contribution in [0.5, 0.6) is 0 Å². The maximum absolute atomic E-state index is 12.1. The molecule has 0 atom stereocenters. The third-order valence-electron chi connectivity index (χ3n) is 7.53. The van der Waals surface area contributed by atoms with Crippen molar-refractivity contribution < 1.29 is 9.90 Å². The van der Waals surface area contributed by atoms with E-state index >= 15 is 0 Å². The van der Waals surface area contributed by atoms with Crippen molar-refractivity contribution in [3.8, 4) is 0 Å². The lowest BCUT2D eigenvalue weighted by Gasteiger charge is -2.67. The normalized spacial score (nSPS) is 20.5. The summed E-state index contributed by atoms with van der Waals surface area (Å²) in [5.74, 6) is -0.763. The molecule has 0 spiro atoms. The van der Waals surface area contributed by atoms with E-state index in [0.717, 1.165) is 0 Å². The molecule has 1 N–H and O–H groups in total. The lowest BCUT2D eigenvalue weighted by Crippen LogP contribution is -2.75. The number of nitrogens with zero attached hydrogens (tertiary/aromatic N) is 1. The smallest absolute Gasteiger partial charge is 0.310 e. The SMILES string of the molecule is CC(C)S.CC1(C)c2ccccc2C(C)(C)C(C)(C)N1C(C)(C)C(C)(C)C(=O)O. The van der Waals surface area contributed by atoms with Crippen LogP contribution in [0.2, 0.25) is 0 Å². The molecule has 1 aromatic rings. The first-order valence-electron chi connectivity index (χ1n) is 10.6. The van der Waals surface area contributed by atoms with Gasteiger partial charge in [-0.15, -0.1) is 0 Å². The molecule has 0 amide bonds. The Morgan fingerprint density at radius 2 is 1.34 bits per heavy atom. The summed E-state index contributed by atoms with van der Waals surface area (Å²) < 4.78 is 0. The summed E-state index contributed by atoms with van der Waals surface area (Å²) in [7, 11) is 0. The molecule has 1 aliphatic rings. The van der Waals surface area contributed by atoms with Crippen molar-refractivity contribution in [3.05, 3.63) is 35.4 Å². The number of aliphatic carboxylic acids is 1. The number of thiol groups is 1. The molecule has 2 rings (SSSR count). The molecule has 1 aromatic carbocycles. The van der Waals surface area contributed by atoms with Gasteiger partial charge in [-0.25, -0.2) is 0 Å². The van der Waals surface area contributed by atoms with Crippen LogP contribution in [0.15, 0.2) is 24.3 Å². The minimum Gasteiger partial charge on any atom is -0.481 e. The Labute approximate surface area is 184 Å². The minimum absolute atomic E-state index is 0.120. The molecular formula is C25H43NO2S. The van der Waals surface area contributed by atoms with Crippen molar-refractivity contribution in [2.24, 2.45) is 5.41 Å². The van der Waals surface area contributed by atoms with Crippen LogP contribution < -0.4 is 0 Å². The van der Waals surface area contributed by atoms with Crippen LogP contribution in [0.3, 0.4) is 0 Å². The zero-order valence-corrected chi connectivity index (χ0v) is 21.5. The van der Waals surface area contributed by atoms with Gasteiger partial charge in [0.2, 0.25) is 0 Å². The second-order valence-electron chi connectivity index (χ2n) is 11.2. The second-order valence-corrected chi connectivity index (χ2v) is 12.2. The average molecular weight is 422 g/mol. The third-order valence-corrected chi connectivity index (χ3v) is 7.53. The zero-order valence-electron chi connectivity index (χ0n) is 20.6. The van der Waals surface area contributed by atoms with E-state index in [9.17, 15) is 9.90 Å². The number of carboxylic acid groups (broad SMARTS) is 1. The number of rotatable bonds is 3. The summed E-state index contributed by atoms with van der Waals surface area (Å²) in [6, 6.07) is 8.62. The van der Waals surface area contributed by atoms with Gasteiger partial charge in [-0.3, -0.25) is 9.69 Å². The van der Waals surface area contributed by atoms with E-state index in [1.165, 1.54) is 11.1 Å². The van der Waals surface area contributed by atoms with Crippen molar-refractivity contribution in [2.45, 2.75) is 110 Å². The largest absolute Gasteiger partial charge is 0.481 e. The van der Waals surface area contributed by atoms with Gasteiger partial charge in [-0.05, 0) is 71.8 Å². The first kappa shape index (κ1) is 26.0. The molecule has 3 nitrogen and oxygen atoms in total. The molecule has 1 heterocycles. The van der Waals surface area contributed by atoms with Crippen LogP contribution >= 0.6 is 12.6 Å². The van der Waals surface area contributed by atoms with Crippen molar-refractivity contribution in [1.29, 1.82) is 0 Å². The summed E-state index contributed by atoms with van der Waals surface area (Å²) in [6.07, 6.45) is 0. The minimum atomic E-state index is -0.899. The van der Waals surface area contributed by atoms with Crippen LogP contribution in [-0.4, -0.2) is 32.3 Å². The monoisotopic (exact) mass is 421 g/mol. The van der Waals surface area contributed by atoms with Crippen molar-refractivity contribution >= 4 is 18.6 Å². The van der Waals surface area contributed by atoms with Gasteiger partial charge < -0.3 is 5.11 Å². The van der Waals surface area contributed by atoms with Crippen LogP contribution in [-0.2, 0) is 15.7 Å². The molecular weight excluding hydrogens is 378 g/mol. The molecule has 0 fully saturated rings. The van der Waals surface area contributed by atoms with E-state index in [0.29, 0.717) is 5.25 Å². The van der Waals surface area contributed by atoms with E-state index < -0.39 is 16.9 Å². The molecule has 0 saturated carbocycles. The number of carboxylic acids is 1. The number of carbonyl (C=O) groups is 1. The maximum atomic E-state index is 12.1. The predicted molar refractivity (Wildman–Crippen MR) is 128 cm³/mol. The van der Waals surface area contributed by atoms with Crippen molar-refractivity contribution in [3.63, 3.8) is 0 Å².